The first kappa shape index (κ1) is 32.9. The van der Waals surface area contributed by atoms with Crippen LogP contribution in [-0.2, 0) is 19.1 Å². The Hall–Kier alpha value is -4.60. The molecule has 0 aliphatic heterocycles. The van der Waals surface area contributed by atoms with Crippen LogP contribution in [-0.4, -0.2) is 51.0 Å². The van der Waals surface area contributed by atoms with Crippen LogP contribution in [0, 0.1) is 0 Å². The molecule has 10 heteroatoms. The topological polar surface area (TPSA) is 151 Å². The van der Waals surface area contributed by atoms with E-state index in [0.29, 0.717) is 12.1 Å². The number of nitrogens with zero attached hydrogens (tertiary/aromatic N) is 1. The van der Waals surface area contributed by atoms with E-state index in [2.05, 4.69) is 10.6 Å². The van der Waals surface area contributed by atoms with E-state index in [4.69, 9.17) is 10.5 Å². The Balaban J connectivity index is 2.11. The maximum atomic E-state index is 14.5. The highest BCUT2D eigenvalue weighted by atomic mass is 16.6. The fraction of sp³-hybridized carbons (Fsp3) is 0.394. The van der Waals surface area contributed by atoms with Crippen molar-refractivity contribution in [2.45, 2.75) is 84.0 Å². The van der Waals surface area contributed by atoms with E-state index >= 15 is 0 Å². The zero-order valence-electron chi connectivity index (χ0n) is 25.6. The number of carbonyl (C=O) groups is 4. The van der Waals surface area contributed by atoms with Gasteiger partial charge in [-0.25, -0.2) is 4.79 Å². The summed E-state index contributed by atoms with van der Waals surface area (Å²) in [6.07, 6.45) is -0.758. The number of rotatable bonds is 11. The maximum Gasteiger partial charge on any atom is 0.408 e. The highest BCUT2D eigenvalue weighted by Crippen LogP contribution is 2.37. The Morgan fingerprint density at radius 3 is 2.16 bits per heavy atom. The number of hydrogen-bond acceptors (Lipinski definition) is 6. The van der Waals surface area contributed by atoms with Gasteiger partial charge in [0.1, 0.15) is 23.4 Å². The number of nitrogens with two attached hydrogens (primary N) is 1. The third-order valence-corrected chi connectivity index (χ3v) is 7.18. The van der Waals surface area contributed by atoms with Crippen molar-refractivity contribution < 1.29 is 29.0 Å². The van der Waals surface area contributed by atoms with Gasteiger partial charge in [0.25, 0.3) is 5.91 Å². The first-order valence-electron chi connectivity index (χ1n) is 14.3. The number of amides is 4. The predicted octanol–water partition coefficient (Wildman–Crippen LogP) is 5.40. The first-order valence-corrected chi connectivity index (χ1v) is 14.3. The number of benzene rings is 3. The zero-order valence-corrected chi connectivity index (χ0v) is 25.6. The lowest BCUT2D eigenvalue weighted by atomic mass is 9.91. The van der Waals surface area contributed by atoms with Crippen LogP contribution in [0.3, 0.4) is 0 Å². The van der Waals surface area contributed by atoms with Crippen LogP contribution >= 0.6 is 0 Å². The van der Waals surface area contributed by atoms with E-state index < -0.39 is 47.0 Å². The van der Waals surface area contributed by atoms with E-state index in [1.807, 2.05) is 43.3 Å². The Bertz CT molecular complexity index is 1480. The van der Waals surface area contributed by atoms with Crippen LogP contribution in [0.5, 0.6) is 5.75 Å². The summed E-state index contributed by atoms with van der Waals surface area (Å²) in [6, 6.07) is 16.9. The molecule has 0 radical (unpaired) electrons. The molecule has 2 atom stereocenters. The Kier molecular flexibility index (Phi) is 10.4. The molecular weight excluding hydrogens is 548 g/mol. The smallest absolute Gasteiger partial charge is 0.408 e. The quantitative estimate of drug-likeness (QED) is 0.235. The molecular formula is C33H42N4O6. The first-order chi connectivity index (χ1) is 20.1. The van der Waals surface area contributed by atoms with Crippen molar-refractivity contribution in [1.82, 2.24) is 10.2 Å². The molecule has 43 heavy (non-hydrogen) atoms. The summed E-state index contributed by atoms with van der Waals surface area (Å²) in [7, 11) is 0. The number of anilines is 1. The summed E-state index contributed by atoms with van der Waals surface area (Å²) in [4.78, 5) is 54.6. The molecule has 3 aromatic carbocycles. The van der Waals surface area contributed by atoms with Crippen LogP contribution in [0.1, 0.15) is 72.4 Å². The van der Waals surface area contributed by atoms with Gasteiger partial charge in [0.15, 0.2) is 0 Å². The maximum absolute atomic E-state index is 14.5. The third kappa shape index (κ3) is 8.70. The molecule has 4 amide bonds. The number of phenols is 1. The van der Waals surface area contributed by atoms with Gasteiger partial charge in [-0.05, 0) is 76.4 Å². The number of alkyl carbamates (subject to hydrolysis) is 1. The van der Waals surface area contributed by atoms with Crippen LogP contribution in [0.2, 0.25) is 0 Å². The Morgan fingerprint density at radius 2 is 1.56 bits per heavy atom. The molecule has 2 unspecified atom stereocenters. The monoisotopic (exact) mass is 590 g/mol. The van der Waals surface area contributed by atoms with Crippen LogP contribution in [0.15, 0.2) is 66.7 Å². The number of ether oxygens (including phenoxy) is 1. The summed E-state index contributed by atoms with van der Waals surface area (Å²) < 4.78 is 5.39. The minimum atomic E-state index is -1.31. The average Bonchev–Trinajstić information content (AvgIpc) is 2.92. The summed E-state index contributed by atoms with van der Waals surface area (Å²) in [5.41, 5.74) is 4.30. The second-order valence-electron chi connectivity index (χ2n) is 12.1. The highest BCUT2D eigenvalue weighted by molar-refractivity contribution is 6.01. The SMILES string of the molecule is CCC(C)(C)N(C(=O)C(CCC(N)=O)NC(=O)OC(C)(C)C)C(C(=O)Nc1ccc2ccccc2c1)c1ccccc1O. The summed E-state index contributed by atoms with van der Waals surface area (Å²) in [6.45, 7) is 10.5. The van der Waals surface area contributed by atoms with E-state index in [9.17, 15) is 24.3 Å². The van der Waals surface area contributed by atoms with Crippen LogP contribution < -0.4 is 16.4 Å². The van der Waals surface area contributed by atoms with E-state index in [1.54, 1.807) is 58.9 Å². The van der Waals surface area contributed by atoms with Gasteiger partial charge in [-0.1, -0.05) is 55.5 Å². The molecule has 0 spiro atoms. The largest absolute Gasteiger partial charge is 0.508 e. The molecule has 0 saturated carbocycles. The molecule has 0 aliphatic carbocycles. The Labute approximate surface area is 252 Å². The fourth-order valence-electron chi connectivity index (χ4n) is 4.70. The Morgan fingerprint density at radius 1 is 0.930 bits per heavy atom. The zero-order chi connectivity index (χ0) is 31.9. The molecule has 0 aromatic heterocycles. The number of carbonyl (C=O) groups excluding carboxylic acids is 4. The van der Waals surface area contributed by atoms with Crippen LogP contribution in [0.25, 0.3) is 10.8 Å². The second-order valence-corrected chi connectivity index (χ2v) is 12.1. The van der Waals surface area contributed by atoms with Gasteiger partial charge in [0, 0.05) is 23.2 Å². The van der Waals surface area contributed by atoms with Gasteiger partial charge < -0.3 is 31.1 Å². The van der Waals surface area contributed by atoms with Crippen molar-refractivity contribution in [3.63, 3.8) is 0 Å². The number of hydrogen-bond donors (Lipinski definition) is 4. The number of para-hydroxylation sites is 1. The van der Waals surface area contributed by atoms with Gasteiger partial charge >= 0.3 is 6.09 Å². The highest BCUT2D eigenvalue weighted by Gasteiger charge is 2.44. The summed E-state index contributed by atoms with van der Waals surface area (Å²) >= 11 is 0. The fourth-order valence-corrected chi connectivity index (χ4v) is 4.70. The lowest BCUT2D eigenvalue weighted by Crippen LogP contribution is -2.59. The van der Waals surface area contributed by atoms with Gasteiger partial charge in [-0.15, -0.1) is 0 Å². The predicted molar refractivity (Wildman–Crippen MR) is 166 cm³/mol. The molecule has 0 bridgehead atoms. The molecule has 0 heterocycles. The average molecular weight is 591 g/mol. The van der Waals surface area contributed by atoms with Gasteiger partial charge in [-0.3, -0.25) is 14.4 Å². The van der Waals surface area contributed by atoms with Gasteiger partial charge in [0.2, 0.25) is 11.8 Å². The minimum absolute atomic E-state index is 0.122. The van der Waals surface area contributed by atoms with E-state index in [-0.39, 0.29) is 24.2 Å². The molecule has 0 aliphatic rings. The van der Waals surface area contributed by atoms with Gasteiger partial charge in [-0.2, -0.15) is 0 Å². The summed E-state index contributed by atoms with van der Waals surface area (Å²) in [5.74, 6) is -2.05. The molecule has 230 valence electrons. The third-order valence-electron chi connectivity index (χ3n) is 7.18. The molecule has 3 rings (SSSR count). The minimum Gasteiger partial charge on any atom is -0.508 e. The van der Waals surface area contributed by atoms with E-state index in [0.717, 1.165) is 10.8 Å². The molecule has 0 fully saturated rings. The van der Waals surface area contributed by atoms with Crippen molar-refractivity contribution in [3.05, 3.63) is 72.3 Å². The lowest BCUT2D eigenvalue weighted by molar-refractivity contribution is -0.148. The van der Waals surface area contributed by atoms with Gasteiger partial charge in [0.05, 0.1) is 0 Å². The van der Waals surface area contributed by atoms with E-state index in [1.165, 1.54) is 11.0 Å². The normalized spacial score (nSPS) is 13.1. The van der Waals surface area contributed by atoms with Crippen LogP contribution in [0.4, 0.5) is 10.5 Å². The lowest BCUT2D eigenvalue weighted by Gasteiger charge is -2.44. The summed E-state index contributed by atoms with van der Waals surface area (Å²) in [5, 5.41) is 18.3. The standard InChI is InChI=1S/C33H42N4O6/c1-7-33(5,6)37(30(41)25(18-19-27(34)39)36-31(42)43-32(2,3)4)28(24-14-10-11-15-26(24)38)29(40)35-23-17-16-21-12-8-9-13-22(21)20-23/h8-17,20,25,28,38H,7,18-19H2,1-6H3,(H2,34,39)(H,35,40)(H,36,42). The van der Waals surface area contributed by atoms with Crippen molar-refractivity contribution in [1.29, 1.82) is 0 Å². The number of phenolic OH excluding ortho intramolecular Hbond substituents is 1. The number of fused-ring (bicyclic) bond motifs is 1. The molecule has 10 nitrogen and oxygen atoms in total. The van der Waals surface area contributed by atoms with Crippen molar-refractivity contribution >= 4 is 40.3 Å². The molecule has 5 N–H and O–H groups in total. The van der Waals surface area contributed by atoms with Crippen molar-refractivity contribution in [2.75, 3.05) is 5.32 Å². The van der Waals surface area contributed by atoms with Crippen molar-refractivity contribution in [2.24, 2.45) is 5.73 Å². The number of aromatic hydroxyl groups is 1. The number of nitrogens with one attached hydrogen (secondary N) is 2. The number of primary amides is 1. The van der Waals surface area contributed by atoms with Crippen molar-refractivity contribution in [3.8, 4) is 5.75 Å². The molecule has 3 aromatic rings. The second kappa shape index (κ2) is 13.6. The molecule has 0 saturated heterocycles.